The molecule has 0 radical (unpaired) electrons. The molecule has 5 N–H and O–H groups in total. The minimum Gasteiger partial charge on any atom is -0.497 e. The summed E-state index contributed by atoms with van der Waals surface area (Å²) in [6.45, 7) is 15.7. The molecule has 448 valence electrons. The summed E-state index contributed by atoms with van der Waals surface area (Å²) in [7, 11) is 3.20. The van der Waals surface area contributed by atoms with Crippen molar-refractivity contribution >= 4 is 83.6 Å². The molecule has 11 rings (SSSR count). The SMILES string of the molecule is CCO[C@@H](C(=O)Cc1nnc(N[C@@H]2CCN(c3ccc(C)nn3)C2)s1)c1cccc(OC)c1.CCO[C@H](C(=O)Cc1nnc(N[C@@H]2CCN(c3ccc(C)nn3)C2)s1)c1cccc(OC)c1.Cc1ccc(N2CC[C@@H](Nc3nnc(N)s3)C2)nn1. The molecule has 5 atom stereocenters. The lowest BCUT2D eigenvalue weighted by atomic mass is 10.0. The van der Waals surface area contributed by atoms with Crippen LogP contribution in [0, 0.1) is 20.8 Å². The van der Waals surface area contributed by atoms with E-state index in [1.165, 1.54) is 34.0 Å². The van der Waals surface area contributed by atoms with Gasteiger partial charge in [-0.15, -0.1) is 45.9 Å². The molecule has 6 aromatic heterocycles. The van der Waals surface area contributed by atoms with Gasteiger partial charge in [0.25, 0.3) is 0 Å². The summed E-state index contributed by atoms with van der Waals surface area (Å²) in [5, 5.41) is 64.1. The molecule has 0 aliphatic carbocycles. The van der Waals surface area contributed by atoms with E-state index < -0.39 is 12.2 Å². The van der Waals surface area contributed by atoms with E-state index in [0.717, 1.165) is 109 Å². The third kappa shape index (κ3) is 17.5. The molecular weight excluding hydrogens is 1140 g/mol. The fourth-order valence-electron chi connectivity index (χ4n) is 9.70. The van der Waals surface area contributed by atoms with Crippen LogP contribution in [0.5, 0.6) is 11.5 Å². The number of carbonyl (C=O) groups is 2. The van der Waals surface area contributed by atoms with E-state index in [-0.39, 0.29) is 36.5 Å². The Morgan fingerprint density at radius 3 is 1.22 bits per heavy atom. The van der Waals surface area contributed by atoms with E-state index >= 15 is 0 Å². The highest BCUT2D eigenvalue weighted by atomic mass is 32.1. The van der Waals surface area contributed by atoms with Crippen molar-refractivity contribution in [3.63, 3.8) is 0 Å². The number of carbonyl (C=O) groups excluding carboxylic acids is 2. The van der Waals surface area contributed by atoms with Gasteiger partial charge in [-0.3, -0.25) is 9.59 Å². The number of methoxy groups -OCH3 is 2. The quantitative estimate of drug-likeness (QED) is 0.0486. The third-order valence-corrected chi connectivity index (χ3v) is 16.3. The predicted octanol–water partition coefficient (Wildman–Crippen LogP) is 7.36. The van der Waals surface area contributed by atoms with Crippen LogP contribution in [0.25, 0.3) is 0 Å². The highest BCUT2D eigenvalue weighted by Gasteiger charge is 2.29. The van der Waals surface area contributed by atoms with Crippen LogP contribution in [-0.4, -0.2) is 158 Å². The van der Waals surface area contributed by atoms with Crippen molar-refractivity contribution in [2.24, 2.45) is 0 Å². The summed E-state index contributed by atoms with van der Waals surface area (Å²) >= 11 is 4.18. The molecule has 85 heavy (non-hydrogen) atoms. The number of ketones is 2. The molecule has 0 bridgehead atoms. The number of aryl methyl sites for hydroxylation is 3. The van der Waals surface area contributed by atoms with E-state index in [4.69, 9.17) is 24.7 Å². The Kier molecular flexibility index (Phi) is 21.7. The molecule has 0 spiro atoms. The average Bonchev–Trinajstić information content (AvgIpc) is 4.55. The Morgan fingerprint density at radius 2 is 0.894 bits per heavy atom. The average molecular weight is 1210 g/mol. The number of benzene rings is 2. The van der Waals surface area contributed by atoms with E-state index in [2.05, 4.69) is 91.8 Å². The maximum absolute atomic E-state index is 13.0. The number of Topliss-reactive ketones (excluding diaryl/α,β-unsaturated/α-hetero) is 2. The van der Waals surface area contributed by atoms with Gasteiger partial charge in [0.2, 0.25) is 20.5 Å². The number of nitrogens with two attached hydrogens (primary N) is 1. The zero-order chi connectivity index (χ0) is 59.7. The second kappa shape index (κ2) is 30.1. The number of nitrogens with zero attached hydrogens (tertiary/aromatic N) is 15. The lowest BCUT2D eigenvalue weighted by Gasteiger charge is -2.17. The molecular formula is C57H71N19O6S3. The van der Waals surface area contributed by atoms with Crippen LogP contribution >= 0.6 is 34.0 Å². The van der Waals surface area contributed by atoms with Crippen molar-refractivity contribution in [3.05, 3.63) is 123 Å². The minimum atomic E-state index is -0.663. The third-order valence-electron chi connectivity index (χ3n) is 13.9. The first kappa shape index (κ1) is 61.4. The molecule has 25 nitrogen and oxygen atoms in total. The summed E-state index contributed by atoms with van der Waals surface area (Å²) in [4.78, 5) is 32.7. The van der Waals surface area contributed by atoms with E-state index in [1.54, 1.807) is 14.2 Å². The van der Waals surface area contributed by atoms with Crippen LogP contribution in [0.15, 0.2) is 84.9 Å². The van der Waals surface area contributed by atoms with Gasteiger partial charge in [0, 0.05) is 70.6 Å². The van der Waals surface area contributed by atoms with Crippen LogP contribution < -0.4 is 45.9 Å². The maximum Gasteiger partial charge on any atom is 0.207 e. The summed E-state index contributed by atoms with van der Waals surface area (Å²) in [5.74, 6) is 3.95. The van der Waals surface area contributed by atoms with Crippen LogP contribution in [0.1, 0.15) is 83.5 Å². The Hall–Kier alpha value is -8.18. The first-order valence-corrected chi connectivity index (χ1v) is 30.5. The molecule has 3 aliphatic rings. The number of anilines is 7. The van der Waals surface area contributed by atoms with Gasteiger partial charge in [-0.25, -0.2) is 0 Å². The molecule has 9 heterocycles. The highest BCUT2D eigenvalue weighted by molar-refractivity contribution is 7.18. The first-order chi connectivity index (χ1) is 41.3. The van der Waals surface area contributed by atoms with Gasteiger partial charge in [-0.05, 0) is 126 Å². The Labute approximate surface area is 505 Å². The molecule has 8 aromatic rings. The lowest BCUT2D eigenvalue weighted by molar-refractivity contribution is -0.130. The normalized spacial score (nSPS) is 17.1. The second-order valence-corrected chi connectivity index (χ2v) is 23.4. The number of nitrogen functional groups attached to an aromatic ring is 1. The number of hydrogen-bond donors (Lipinski definition) is 4. The van der Waals surface area contributed by atoms with Crippen molar-refractivity contribution in [1.29, 1.82) is 0 Å². The monoisotopic (exact) mass is 1210 g/mol. The van der Waals surface area contributed by atoms with Crippen LogP contribution in [0.4, 0.5) is 38.0 Å². The van der Waals surface area contributed by atoms with Gasteiger partial charge in [0.05, 0.1) is 44.1 Å². The van der Waals surface area contributed by atoms with Gasteiger partial charge in [0.1, 0.15) is 33.7 Å². The van der Waals surface area contributed by atoms with Crippen LogP contribution in [0.2, 0.25) is 0 Å². The number of ether oxygens (including phenoxy) is 4. The fraction of sp³-hybridized carbons (Fsp3) is 0.439. The Bertz CT molecular complexity index is 3220. The second-order valence-electron chi connectivity index (χ2n) is 20.3. The van der Waals surface area contributed by atoms with Gasteiger partial charge < -0.3 is 55.3 Å². The van der Waals surface area contributed by atoms with Gasteiger partial charge in [0.15, 0.2) is 29.0 Å². The zero-order valence-corrected chi connectivity index (χ0v) is 51.1. The Balaban J connectivity index is 0.000000158. The van der Waals surface area contributed by atoms with Gasteiger partial charge >= 0.3 is 0 Å². The van der Waals surface area contributed by atoms with Crippen molar-refractivity contribution in [2.75, 3.05) is 103 Å². The Morgan fingerprint density at radius 1 is 0.518 bits per heavy atom. The minimum absolute atomic E-state index is 0.0576. The summed E-state index contributed by atoms with van der Waals surface area (Å²) in [5.41, 5.74) is 9.85. The smallest absolute Gasteiger partial charge is 0.207 e. The number of nitrogens with one attached hydrogen (secondary N) is 3. The largest absolute Gasteiger partial charge is 0.497 e. The van der Waals surface area contributed by atoms with E-state index in [0.29, 0.717) is 56.2 Å². The summed E-state index contributed by atoms with van der Waals surface area (Å²) in [6.07, 6.45) is 1.97. The summed E-state index contributed by atoms with van der Waals surface area (Å²) < 4.78 is 22.1. The molecule has 3 saturated heterocycles. The highest BCUT2D eigenvalue weighted by Crippen LogP contribution is 2.30. The van der Waals surface area contributed by atoms with E-state index in [9.17, 15) is 9.59 Å². The molecule has 3 aliphatic heterocycles. The molecule has 3 fully saturated rings. The molecule has 28 heteroatoms. The maximum atomic E-state index is 13.0. The topological polar surface area (TPSA) is 298 Å². The molecule has 0 amide bonds. The van der Waals surface area contributed by atoms with Crippen LogP contribution in [0.3, 0.4) is 0 Å². The summed E-state index contributed by atoms with van der Waals surface area (Å²) in [6, 6.07) is 27.5. The number of aromatic nitrogens is 12. The molecule has 0 saturated carbocycles. The van der Waals surface area contributed by atoms with Crippen molar-refractivity contribution in [1.82, 2.24) is 61.2 Å². The standard InChI is InChI=1S/2C23H28N6O3S.C11H15N7S/c2*1-4-32-22(16-6-5-7-18(12-16)31-3)19(30)13-21-27-28-23(33-21)24-17-10-11-29(14-17)20-9-8-15(2)25-26-20;1-7-2-3-9(15-14-7)18-5-4-8(6-18)13-11-17-16-10(12)19-11/h2*5-9,12,17,22H,4,10-11,13-14H2,1-3H3,(H,24,28);2-3,8H,4-6H2,1H3,(H2,12,16)(H,13,17)/t17-,22+;17-,22-;8-/m111/s1. The van der Waals surface area contributed by atoms with E-state index in [1.807, 2.05) is 120 Å². The fourth-order valence-corrected chi connectivity index (χ4v) is 11.9. The van der Waals surface area contributed by atoms with Crippen molar-refractivity contribution in [2.45, 2.75) is 97.1 Å². The van der Waals surface area contributed by atoms with Gasteiger partial charge in [-0.1, -0.05) is 58.3 Å². The van der Waals surface area contributed by atoms with Crippen molar-refractivity contribution < 1.29 is 28.5 Å². The predicted molar refractivity (Wildman–Crippen MR) is 329 cm³/mol. The first-order valence-electron chi connectivity index (χ1n) is 28.1. The number of rotatable bonds is 23. The number of hydrogen-bond acceptors (Lipinski definition) is 28. The molecule has 2 aromatic carbocycles. The lowest BCUT2D eigenvalue weighted by Crippen LogP contribution is -2.26. The van der Waals surface area contributed by atoms with Crippen LogP contribution in [-0.2, 0) is 31.9 Å². The molecule has 0 unspecified atom stereocenters. The van der Waals surface area contributed by atoms with Gasteiger partial charge in [-0.2, -0.15) is 15.3 Å². The van der Waals surface area contributed by atoms with Crippen molar-refractivity contribution in [3.8, 4) is 11.5 Å². The zero-order valence-electron chi connectivity index (χ0n) is 48.6.